The number of aliphatic imine (C=N–C) groups is 1. The van der Waals surface area contributed by atoms with Crippen LogP contribution in [-0.4, -0.2) is 29.3 Å². The second kappa shape index (κ2) is 8.11. The molecular weight excluding hydrogens is 340 g/mol. The lowest BCUT2D eigenvalue weighted by Gasteiger charge is -2.17. The SMILES string of the molecule is CCN(CC)Cc1ccc(/N=C/c2cc(Br)ccc2O)cc1. The van der Waals surface area contributed by atoms with Gasteiger partial charge in [-0.2, -0.15) is 0 Å². The van der Waals surface area contributed by atoms with Gasteiger partial charge in [-0.1, -0.05) is 41.9 Å². The summed E-state index contributed by atoms with van der Waals surface area (Å²) in [6.45, 7) is 7.42. The molecule has 2 aromatic rings. The van der Waals surface area contributed by atoms with Crippen molar-refractivity contribution in [1.82, 2.24) is 4.90 Å². The first-order valence-corrected chi connectivity index (χ1v) is 8.25. The predicted octanol–water partition coefficient (Wildman–Crippen LogP) is 4.75. The first kappa shape index (κ1) is 16.7. The van der Waals surface area contributed by atoms with E-state index in [2.05, 4.69) is 51.8 Å². The number of phenols is 1. The van der Waals surface area contributed by atoms with Crippen LogP contribution in [0.1, 0.15) is 25.0 Å². The Labute approximate surface area is 140 Å². The van der Waals surface area contributed by atoms with Gasteiger partial charge in [0.2, 0.25) is 0 Å². The first-order valence-electron chi connectivity index (χ1n) is 7.46. The highest BCUT2D eigenvalue weighted by molar-refractivity contribution is 9.10. The molecule has 0 aliphatic heterocycles. The van der Waals surface area contributed by atoms with Crippen LogP contribution >= 0.6 is 15.9 Å². The monoisotopic (exact) mass is 360 g/mol. The lowest BCUT2D eigenvalue weighted by Crippen LogP contribution is -2.21. The van der Waals surface area contributed by atoms with Crippen molar-refractivity contribution in [3.8, 4) is 5.75 Å². The molecule has 22 heavy (non-hydrogen) atoms. The highest BCUT2D eigenvalue weighted by Gasteiger charge is 2.01. The molecule has 0 fully saturated rings. The van der Waals surface area contributed by atoms with E-state index < -0.39 is 0 Å². The Balaban J connectivity index is 2.07. The van der Waals surface area contributed by atoms with Crippen LogP contribution in [0.15, 0.2) is 51.9 Å². The Hall–Kier alpha value is -1.65. The normalized spacial score (nSPS) is 11.5. The second-order valence-corrected chi connectivity index (χ2v) is 6.00. The Morgan fingerprint density at radius 1 is 1.09 bits per heavy atom. The number of halogens is 1. The van der Waals surface area contributed by atoms with Crippen LogP contribution in [0, 0.1) is 0 Å². The van der Waals surface area contributed by atoms with Crippen molar-refractivity contribution in [3.63, 3.8) is 0 Å². The van der Waals surface area contributed by atoms with Gasteiger partial charge in [0, 0.05) is 22.8 Å². The molecule has 0 heterocycles. The van der Waals surface area contributed by atoms with E-state index >= 15 is 0 Å². The van der Waals surface area contributed by atoms with Crippen molar-refractivity contribution in [3.05, 3.63) is 58.1 Å². The molecule has 1 N–H and O–H groups in total. The summed E-state index contributed by atoms with van der Waals surface area (Å²) in [4.78, 5) is 6.79. The van der Waals surface area contributed by atoms with Gasteiger partial charge in [0.05, 0.1) is 5.69 Å². The lowest BCUT2D eigenvalue weighted by molar-refractivity contribution is 0.296. The zero-order valence-electron chi connectivity index (χ0n) is 13.0. The Morgan fingerprint density at radius 3 is 2.41 bits per heavy atom. The summed E-state index contributed by atoms with van der Waals surface area (Å²) in [5, 5.41) is 9.79. The third-order valence-corrected chi connectivity index (χ3v) is 4.07. The van der Waals surface area contributed by atoms with E-state index in [9.17, 15) is 5.11 Å². The Kier molecular flexibility index (Phi) is 6.16. The van der Waals surface area contributed by atoms with Crippen molar-refractivity contribution < 1.29 is 5.11 Å². The van der Waals surface area contributed by atoms with Gasteiger partial charge in [-0.05, 0) is 49.0 Å². The van der Waals surface area contributed by atoms with Crippen LogP contribution in [0.3, 0.4) is 0 Å². The van der Waals surface area contributed by atoms with E-state index in [0.29, 0.717) is 5.56 Å². The number of hydrogen-bond acceptors (Lipinski definition) is 3. The van der Waals surface area contributed by atoms with Gasteiger partial charge in [0.15, 0.2) is 0 Å². The molecule has 0 saturated heterocycles. The Morgan fingerprint density at radius 2 is 1.77 bits per heavy atom. The van der Waals surface area contributed by atoms with Gasteiger partial charge >= 0.3 is 0 Å². The third kappa shape index (κ3) is 4.68. The molecule has 0 aliphatic carbocycles. The van der Waals surface area contributed by atoms with E-state index in [-0.39, 0.29) is 5.75 Å². The van der Waals surface area contributed by atoms with E-state index in [1.807, 2.05) is 18.2 Å². The number of hydrogen-bond donors (Lipinski definition) is 1. The van der Waals surface area contributed by atoms with E-state index in [4.69, 9.17) is 0 Å². The predicted molar refractivity (Wildman–Crippen MR) is 96.1 cm³/mol. The zero-order chi connectivity index (χ0) is 15.9. The molecule has 0 aromatic heterocycles. The summed E-state index contributed by atoms with van der Waals surface area (Å²) in [7, 11) is 0. The lowest BCUT2D eigenvalue weighted by atomic mass is 10.2. The maximum absolute atomic E-state index is 9.79. The van der Waals surface area contributed by atoms with Crippen LogP contribution in [0.4, 0.5) is 5.69 Å². The van der Waals surface area contributed by atoms with E-state index in [1.54, 1.807) is 18.3 Å². The molecule has 3 nitrogen and oxygen atoms in total. The minimum atomic E-state index is 0.227. The third-order valence-electron chi connectivity index (χ3n) is 3.58. The molecule has 0 aliphatic rings. The molecule has 0 atom stereocenters. The van der Waals surface area contributed by atoms with Crippen molar-refractivity contribution >= 4 is 27.8 Å². The van der Waals surface area contributed by atoms with Gasteiger partial charge in [0.1, 0.15) is 5.75 Å². The molecule has 2 aromatic carbocycles. The molecule has 0 radical (unpaired) electrons. The fourth-order valence-electron chi connectivity index (χ4n) is 2.17. The summed E-state index contributed by atoms with van der Waals surface area (Å²) in [6, 6.07) is 13.5. The number of phenolic OH excluding ortho intramolecular Hbond substituents is 1. The minimum Gasteiger partial charge on any atom is -0.507 e. The summed E-state index contributed by atoms with van der Waals surface area (Å²) >= 11 is 3.39. The fraction of sp³-hybridized carbons (Fsp3) is 0.278. The molecule has 0 unspecified atom stereocenters. The number of benzene rings is 2. The standard InChI is InChI=1S/C18H21BrN2O/c1-3-21(4-2)13-14-5-8-17(9-6-14)20-12-15-11-16(19)7-10-18(15)22/h5-12,22H,3-4,13H2,1-2H3/b20-12+. The average molecular weight is 361 g/mol. The quantitative estimate of drug-likeness (QED) is 0.754. The van der Waals surface area contributed by atoms with Crippen LogP contribution in [0.5, 0.6) is 5.75 Å². The summed E-state index contributed by atoms with van der Waals surface area (Å²) in [5.74, 6) is 0.227. The number of rotatable bonds is 6. The number of aromatic hydroxyl groups is 1. The molecule has 2 rings (SSSR count). The highest BCUT2D eigenvalue weighted by Crippen LogP contribution is 2.21. The molecule has 116 valence electrons. The topological polar surface area (TPSA) is 35.8 Å². The maximum atomic E-state index is 9.79. The van der Waals surface area contributed by atoms with E-state index in [1.165, 1.54) is 5.56 Å². The first-order chi connectivity index (χ1) is 10.6. The summed E-state index contributed by atoms with van der Waals surface area (Å²) in [6.07, 6.45) is 1.68. The van der Waals surface area contributed by atoms with Crippen LogP contribution in [-0.2, 0) is 6.54 Å². The van der Waals surface area contributed by atoms with Gasteiger partial charge < -0.3 is 5.11 Å². The molecule has 0 saturated carbocycles. The largest absolute Gasteiger partial charge is 0.507 e. The summed E-state index contributed by atoms with van der Waals surface area (Å²) in [5.41, 5.74) is 2.86. The molecular formula is C18H21BrN2O. The molecule has 4 heteroatoms. The molecule has 0 bridgehead atoms. The van der Waals surface area contributed by atoms with Crippen LogP contribution < -0.4 is 0 Å². The fourth-order valence-corrected chi connectivity index (χ4v) is 2.54. The van der Waals surface area contributed by atoms with Gasteiger partial charge in [0.25, 0.3) is 0 Å². The van der Waals surface area contributed by atoms with Crippen LogP contribution in [0.25, 0.3) is 0 Å². The maximum Gasteiger partial charge on any atom is 0.124 e. The van der Waals surface area contributed by atoms with Crippen molar-refractivity contribution in [2.75, 3.05) is 13.1 Å². The second-order valence-electron chi connectivity index (χ2n) is 5.09. The van der Waals surface area contributed by atoms with Gasteiger partial charge in [-0.3, -0.25) is 9.89 Å². The molecule has 0 spiro atoms. The molecule has 0 amide bonds. The highest BCUT2D eigenvalue weighted by atomic mass is 79.9. The van der Waals surface area contributed by atoms with E-state index in [0.717, 1.165) is 29.8 Å². The smallest absolute Gasteiger partial charge is 0.124 e. The number of nitrogens with zero attached hydrogens (tertiary/aromatic N) is 2. The van der Waals surface area contributed by atoms with Crippen molar-refractivity contribution in [1.29, 1.82) is 0 Å². The Bertz CT molecular complexity index is 634. The van der Waals surface area contributed by atoms with Crippen LogP contribution in [0.2, 0.25) is 0 Å². The summed E-state index contributed by atoms with van der Waals surface area (Å²) < 4.78 is 0.918. The van der Waals surface area contributed by atoms with Gasteiger partial charge in [-0.25, -0.2) is 0 Å². The van der Waals surface area contributed by atoms with Gasteiger partial charge in [-0.15, -0.1) is 0 Å². The van der Waals surface area contributed by atoms with Crippen molar-refractivity contribution in [2.24, 2.45) is 4.99 Å². The zero-order valence-corrected chi connectivity index (χ0v) is 14.5. The van der Waals surface area contributed by atoms with Crippen molar-refractivity contribution in [2.45, 2.75) is 20.4 Å². The minimum absolute atomic E-state index is 0.227. The average Bonchev–Trinajstić information content (AvgIpc) is 2.54.